The van der Waals surface area contributed by atoms with E-state index >= 15 is 0 Å². The predicted octanol–water partition coefficient (Wildman–Crippen LogP) is 2.71. The molecule has 1 aliphatic carbocycles. The van der Waals surface area contributed by atoms with Gasteiger partial charge < -0.3 is 0 Å². The maximum absolute atomic E-state index is 11.1. The summed E-state index contributed by atoms with van der Waals surface area (Å²) in [7, 11) is 0. The van der Waals surface area contributed by atoms with E-state index in [4.69, 9.17) is 0 Å². The summed E-state index contributed by atoms with van der Waals surface area (Å²) >= 11 is 0. The van der Waals surface area contributed by atoms with Gasteiger partial charge in [-0.3, -0.25) is 4.79 Å². The lowest BCUT2D eigenvalue weighted by Gasteiger charge is -2.31. The first-order chi connectivity index (χ1) is 5.08. The highest BCUT2D eigenvalue weighted by molar-refractivity contribution is 5.82. The number of carbonyl (C=O) groups is 1. The van der Waals surface area contributed by atoms with Gasteiger partial charge in [0.2, 0.25) is 0 Å². The third-order valence-electron chi connectivity index (χ3n) is 2.96. The van der Waals surface area contributed by atoms with Crippen LogP contribution in [0.25, 0.3) is 0 Å². The highest BCUT2D eigenvalue weighted by Crippen LogP contribution is 2.37. The Morgan fingerprint density at radius 3 is 2.73 bits per heavy atom. The van der Waals surface area contributed by atoms with Crippen molar-refractivity contribution in [3.63, 3.8) is 0 Å². The minimum absolute atomic E-state index is 0.162. The van der Waals surface area contributed by atoms with E-state index in [-0.39, 0.29) is 5.41 Å². The van der Waals surface area contributed by atoms with Crippen molar-refractivity contribution in [2.75, 3.05) is 0 Å². The standard InChI is InChI=1S/C10H16O/c1-4-10(3)7-9(11)6-5-8(10)2/h5H,4,6-7H2,1-3H3. The zero-order valence-electron chi connectivity index (χ0n) is 7.61. The van der Waals surface area contributed by atoms with Gasteiger partial charge in [-0.05, 0) is 18.8 Å². The fraction of sp³-hybridized carbons (Fsp3) is 0.700. The molecule has 0 N–H and O–H groups in total. The summed E-state index contributed by atoms with van der Waals surface area (Å²) in [5, 5.41) is 0. The Labute approximate surface area is 68.5 Å². The molecule has 0 aromatic heterocycles. The molecule has 1 nitrogen and oxygen atoms in total. The van der Waals surface area contributed by atoms with E-state index in [1.54, 1.807) is 0 Å². The van der Waals surface area contributed by atoms with Crippen molar-refractivity contribution < 1.29 is 4.79 Å². The molecule has 0 aliphatic heterocycles. The van der Waals surface area contributed by atoms with Crippen LogP contribution in [0.4, 0.5) is 0 Å². The number of rotatable bonds is 1. The summed E-state index contributed by atoms with van der Waals surface area (Å²) in [5.41, 5.74) is 1.55. The summed E-state index contributed by atoms with van der Waals surface area (Å²) in [6.45, 7) is 6.46. The van der Waals surface area contributed by atoms with Crippen molar-refractivity contribution in [3.8, 4) is 0 Å². The number of hydrogen-bond donors (Lipinski definition) is 0. The van der Waals surface area contributed by atoms with Gasteiger partial charge in [-0.2, -0.15) is 0 Å². The lowest BCUT2D eigenvalue weighted by molar-refractivity contribution is -0.120. The topological polar surface area (TPSA) is 17.1 Å². The molecule has 0 fully saturated rings. The highest BCUT2D eigenvalue weighted by Gasteiger charge is 2.29. The van der Waals surface area contributed by atoms with Crippen LogP contribution in [0.2, 0.25) is 0 Å². The largest absolute Gasteiger partial charge is 0.299 e. The van der Waals surface area contributed by atoms with E-state index in [0.29, 0.717) is 12.2 Å². The quantitative estimate of drug-likeness (QED) is 0.528. The second-order valence-corrected chi connectivity index (χ2v) is 3.72. The van der Waals surface area contributed by atoms with Crippen LogP contribution in [0, 0.1) is 5.41 Å². The second kappa shape index (κ2) is 2.80. The summed E-state index contributed by atoms with van der Waals surface area (Å²) in [4.78, 5) is 11.1. The van der Waals surface area contributed by atoms with E-state index in [0.717, 1.165) is 12.8 Å². The Kier molecular flexibility index (Phi) is 2.17. The monoisotopic (exact) mass is 152 g/mol. The molecule has 1 heteroatoms. The van der Waals surface area contributed by atoms with Crippen LogP contribution >= 0.6 is 0 Å². The van der Waals surface area contributed by atoms with Gasteiger partial charge in [0.15, 0.2) is 0 Å². The van der Waals surface area contributed by atoms with Gasteiger partial charge in [0, 0.05) is 12.8 Å². The van der Waals surface area contributed by atoms with Gasteiger partial charge >= 0.3 is 0 Å². The number of carbonyl (C=O) groups excluding carboxylic acids is 1. The molecule has 11 heavy (non-hydrogen) atoms. The molecular formula is C10H16O. The summed E-state index contributed by atoms with van der Waals surface area (Å²) < 4.78 is 0. The van der Waals surface area contributed by atoms with Gasteiger partial charge in [-0.1, -0.05) is 25.5 Å². The Morgan fingerprint density at radius 2 is 2.27 bits per heavy atom. The van der Waals surface area contributed by atoms with E-state index in [9.17, 15) is 4.79 Å². The van der Waals surface area contributed by atoms with Crippen molar-refractivity contribution in [3.05, 3.63) is 11.6 Å². The minimum atomic E-state index is 0.162. The first kappa shape index (κ1) is 8.51. The average molecular weight is 152 g/mol. The molecule has 0 bridgehead atoms. The zero-order valence-corrected chi connectivity index (χ0v) is 7.61. The second-order valence-electron chi connectivity index (χ2n) is 3.72. The number of hydrogen-bond acceptors (Lipinski definition) is 1. The molecule has 0 radical (unpaired) electrons. The predicted molar refractivity (Wildman–Crippen MR) is 46.4 cm³/mol. The van der Waals surface area contributed by atoms with Crippen molar-refractivity contribution in [1.82, 2.24) is 0 Å². The van der Waals surface area contributed by atoms with Crippen LogP contribution in [0.3, 0.4) is 0 Å². The lowest BCUT2D eigenvalue weighted by atomic mass is 9.72. The molecule has 1 rings (SSSR count). The normalized spacial score (nSPS) is 31.9. The van der Waals surface area contributed by atoms with Crippen LogP contribution < -0.4 is 0 Å². The third-order valence-corrected chi connectivity index (χ3v) is 2.96. The molecule has 0 saturated heterocycles. The van der Waals surface area contributed by atoms with E-state index in [1.807, 2.05) is 0 Å². The van der Waals surface area contributed by atoms with E-state index in [2.05, 4.69) is 26.8 Å². The Bertz CT molecular complexity index is 203. The molecule has 0 spiro atoms. The molecular weight excluding hydrogens is 136 g/mol. The van der Waals surface area contributed by atoms with Crippen LogP contribution in [0.1, 0.15) is 40.0 Å². The van der Waals surface area contributed by atoms with Crippen molar-refractivity contribution in [1.29, 1.82) is 0 Å². The first-order valence-electron chi connectivity index (χ1n) is 4.27. The van der Waals surface area contributed by atoms with Gasteiger partial charge in [-0.25, -0.2) is 0 Å². The average Bonchev–Trinajstić information content (AvgIpc) is 1.98. The van der Waals surface area contributed by atoms with Gasteiger partial charge in [-0.15, -0.1) is 0 Å². The molecule has 0 aromatic rings. The fourth-order valence-electron chi connectivity index (χ4n) is 1.56. The number of Topliss-reactive ketones (excluding diaryl/α,β-unsaturated/α-hetero) is 1. The number of ketones is 1. The number of allylic oxidation sites excluding steroid dienone is 2. The first-order valence-corrected chi connectivity index (χ1v) is 4.27. The van der Waals surface area contributed by atoms with E-state index in [1.165, 1.54) is 5.57 Å². The van der Waals surface area contributed by atoms with Crippen LogP contribution in [-0.2, 0) is 4.79 Å². The summed E-state index contributed by atoms with van der Waals surface area (Å²) in [5.74, 6) is 0.389. The maximum atomic E-state index is 11.1. The summed E-state index contributed by atoms with van der Waals surface area (Å²) in [6.07, 6.45) is 4.55. The fourth-order valence-corrected chi connectivity index (χ4v) is 1.56. The van der Waals surface area contributed by atoms with Crippen molar-refractivity contribution in [2.24, 2.45) is 5.41 Å². The molecule has 0 heterocycles. The SMILES string of the molecule is CCC1(C)CC(=O)CC=C1C. The van der Waals surface area contributed by atoms with Gasteiger partial charge in [0.05, 0.1) is 0 Å². The highest BCUT2D eigenvalue weighted by atomic mass is 16.1. The van der Waals surface area contributed by atoms with Gasteiger partial charge in [0.25, 0.3) is 0 Å². The smallest absolute Gasteiger partial charge is 0.137 e. The molecule has 1 unspecified atom stereocenters. The molecule has 1 aliphatic rings. The van der Waals surface area contributed by atoms with Crippen molar-refractivity contribution >= 4 is 5.78 Å². The molecule has 0 amide bonds. The van der Waals surface area contributed by atoms with Crippen LogP contribution in [-0.4, -0.2) is 5.78 Å². The maximum Gasteiger partial charge on any atom is 0.137 e. The van der Waals surface area contributed by atoms with E-state index < -0.39 is 0 Å². The minimum Gasteiger partial charge on any atom is -0.299 e. The Hall–Kier alpha value is -0.590. The molecule has 0 aromatic carbocycles. The molecule has 62 valence electrons. The van der Waals surface area contributed by atoms with Crippen LogP contribution in [0.5, 0.6) is 0 Å². The van der Waals surface area contributed by atoms with Gasteiger partial charge in [0.1, 0.15) is 5.78 Å². The lowest BCUT2D eigenvalue weighted by Crippen LogP contribution is -2.24. The molecule has 0 saturated carbocycles. The Morgan fingerprint density at radius 1 is 1.64 bits per heavy atom. The molecule has 1 atom stereocenters. The van der Waals surface area contributed by atoms with Crippen molar-refractivity contribution in [2.45, 2.75) is 40.0 Å². The summed E-state index contributed by atoms with van der Waals surface area (Å²) in [6, 6.07) is 0. The Balaban J connectivity index is 2.87. The third kappa shape index (κ3) is 1.52. The van der Waals surface area contributed by atoms with Crippen LogP contribution in [0.15, 0.2) is 11.6 Å². The zero-order chi connectivity index (χ0) is 8.48.